The molecule has 1 saturated carbocycles. The normalized spacial score (nSPS) is 18.4. The van der Waals surface area contributed by atoms with E-state index in [2.05, 4.69) is 18.0 Å². The molecule has 0 radical (unpaired) electrons. The van der Waals surface area contributed by atoms with Crippen LogP contribution in [0.1, 0.15) is 37.3 Å². The van der Waals surface area contributed by atoms with E-state index >= 15 is 0 Å². The average Bonchev–Trinajstić information content (AvgIpc) is 2.83. The summed E-state index contributed by atoms with van der Waals surface area (Å²) in [5.74, 6) is 0.850. The summed E-state index contributed by atoms with van der Waals surface area (Å²) in [5, 5.41) is 0.792. The largest absolute Gasteiger partial charge is 0.329 e. The van der Waals surface area contributed by atoms with E-state index in [0.29, 0.717) is 6.54 Å². The van der Waals surface area contributed by atoms with Crippen LogP contribution in [-0.2, 0) is 0 Å². The number of hydrogen-bond donors (Lipinski definition) is 1. The highest BCUT2D eigenvalue weighted by atomic mass is 35.5. The minimum absolute atomic E-state index is 0.282. The molecule has 0 heterocycles. The van der Waals surface area contributed by atoms with Gasteiger partial charge in [-0.15, -0.1) is 0 Å². The molecule has 0 bridgehead atoms. The zero-order chi connectivity index (χ0) is 13.0. The number of halogens is 1. The second kappa shape index (κ2) is 6.55. The fraction of sp³-hybridized carbons (Fsp3) is 0.600. The van der Waals surface area contributed by atoms with Gasteiger partial charge in [-0.1, -0.05) is 36.6 Å². The number of rotatable bonds is 5. The maximum Gasteiger partial charge on any atom is 0.0468 e. The Labute approximate surface area is 115 Å². The monoisotopic (exact) mass is 266 g/mol. The van der Waals surface area contributed by atoms with Crippen molar-refractivity contribution < 1.29 is 0 Å². The number of benzene rings is 1. The zero-order valence-electron chi connectivity index (χ0n) is 11.1. The Bertz CT molecular complexity index is 375. The van der Waals surface area contributed by atoms with Crippen molar-refractivity contribution in [2.24, 2.45) is 11.7 Å². The first-order chi connectivity index (χ1) is 8.70. The quantitative estimate of drug-likeness (QED) is 0.884. The predicted octanol–water partition coefficient (Wildman–Crippen LogP) is 3.46. The molecule has 0 amide bonds. The Kier molecular flexibility index (Phi) is 5.04. The van der Waals surface area contributed by atoms with E-state index in [1.807, 2.05) is 18.2 Å². The fourth-order valence-corrected chi connectivity index (χ4v) is 3.21. The Hall–Kier alpha value is -0.570. The van der Waals surface area contributed by atoms with Crippen LogP contribution in [0, 0.1) is 5.92 Å². The van der Waals surface area contributed by atoms with Crippen molar-refractivity contribution in [3.05, 3.63) is 34.9 Å². The molecule has 1 aromatic carbocycles. The van der Waals surface area contributed by atoms with Gasteiger partial charge in [0.25, 0.3) is 0 Å². The van der Waals surface area contributed by atoms with Crippen LogP contribution in [0.3, 0.4) is 0 Å². The summed E-state index contributed by atoms with van der Waals surface area (Å²) in [6.45, 7) is 1.79. The summed E-state index contributed by atoms with van der Waals surface area (Å²) < 4.78 is 0. The molecule has 0 spiro atoms. The molecule has 100 valence electrons. The first-order valence-electron chi connectivity index (χ1n) is 6.86. The molecule has 0 aliphatic heterocycles. The van der Waals surface area contributed by atoms with Gasteiger partial charge in [0, 0.05) is 24.2 Å². The first kappa shape index (κ1) is 13.9. The lowest BCUT2D eigenvalue weighted by Gasteiger charge is -2.29. The van der Waals surface area contributed by atoms with Gasteiger partial charge in [0.1, 0.15) is 0 Å². The van der Waals surface area contributed by atoms with E-state index in [1.54, 1.807) is 0 Å². The SMILES string of the molecule is CN(CC1CCCC1)C(CN)c1cccc(Cl)c1. The van der Waals surface area contributed by atoms with Crippen LogP contribution >= 0.6 is 11.6 Å². The predicted molar refractivity (Wildman–Crippen MR) is 77.8 cm³/mol. The van der Waals surface area contributed by atoms with E-state index in [-0.39, 0.29) is 6.04 Å². The molecule has 1 aliphatic carbocycles. The summed E-state index contributed by atoms with van der Waals surface area (Å²) >= 11 is 6.06. The second-order valence-corrected chi connectivity index (χ2v) is 5.83. The van der Waals surface area contributed by atoms with Gasteiger partial charge in [-0.2, -0.15) is 0 Å². The van der Waals surface area contributed by atoms with E-state index < -0.39 is 0 Å². The van der Waals surface area contributed by atoms with Gasteiger partial charge in [-0.25, -0.2) is 0 Å². The molecular formula is C15H23ClN2. The van der Waals surface area contributed by atoms with Crippen molar-refractivity contribution in [1.82, 2.24) is 4.90 Å². The van der Waals surface area contributed by atoms with Crippen molar-refractivity contribution in [2.75, 3.05) is 20.1 Å². The van der Waals surface area contributed by atoms with Crippen LogP contribution in [0.4, 0.5) is 0 Å². The zero-order valence-corrected chi connectivity index (χ0v) is 11.9. The lowest BCUT2D eigenvalue weighted by atomic mass is 10.0. The molecule has 2 rings (SSSR count). The molecule has 1 aromatic rings. The Morgan fingerprint density at radius 2 is 2.11 bits per heavy atom. The highest BCUT2D eigenvalue weighted by Gasteiger charge is 2.21. The third-order valence-corrected chi connectivity index (χ3v) is 4.24. The van der Waals surface area contributed by atoms with Crippen molar-refractivity contribution >= 4 is 11.6 Å². The van der Waals surface area contributed by atoms with Gasteiger partial charge < -0.3 is 5.73 Å². The van der Waals surface area contributed by atoms with Gasteiger partial charge in [-0.3, -0.25) is 4.90 Å². The summed E-state index contributed by atoms with van der Waals surface area (Å²) in [6, 6.07) is 8.35. The maximum atomic E-state index is 6.06. The summed E-state index contributed by atoms with van der Waals surface area (Å²) in [7, 11) is 2.18. The molecule has 1 atom stereocenters. The Balaban J connectivity index is 2.02. The Morgan fingerprint density at radius 1 is 1.39 bits per heavy atom. The van der Waals surface area contributed by atoms with Crippen LogP contribution in [0.25, 0.3) is 0 Å². The van der Waals surface area contributed by atoms with E-state index in [4.69, 9.17) is 17.3 Å². The molecule has 18 heavy (non-hydrogen) atoms. The van der Waals surface area contributed by atoms with Crippen molar-refractivity contribution in [3.63, 3.8) is 0 Å². The third kappa shape index (κ3) is 3.47. The van der Waals surface area contributed by atoms with E-state index in [9.17, 15) is 0 Å². The molecule has 3 heteroatoms. The van der Waals surface area contributed by atoms with Crippen molar-refractivity contribution in [3.8, 4) is 0 Å². The number of nitrogens with two attached hydrogens (primary N) is 1. The molecule has 0 aromatic heterocycles. The summed E-state index contributed by atoms with van der Waals surface area (Å²) in [4.78, 5) is 2.39. The molecule has 1 fully saturated rings. The molecule has 1 unspecified atom stereocenters. The first-order valence-corrected chi connectivity index (χ1v) is 7.24. The van der Waals surface area contributed by atoms with Gasteiger partial charge in [0.2, 0.25) is 0 Å². The Morgan fingerprint density at radius 3 is 2.72 bits per heavy atom. The van der Waals surface area contributed by atoms with Gasteiger partial charge in [0.05, 0.1) is 0 Å². The lowest BCUT2D eigenvalue weighted by molar-refractivity contribution is 0.212. The average molecular weight is 267 g/mol. The van der Waals surface area contributed by atoms with Crippen LogP contribution in [0.2, 0.25) is 5.02 Å². The number of likely N-dealkylation sites (N-methyl/N-ethyl adjacent to an activating group) is 1. The summed E-state index contributed by atoms with van der Waals surface area (Å²) in [6.07, 6.45) is 5.53. The number of hydrogen-bond acceptors (Lipinski definition) is 2. The van der Waals surface area contributed by atoms with Crippen LogP contribution in [0.5, 0.6) is 0 Å². The highest BCUT2D eigenvalue weighted by Crippen LogP contribution is 2.28. The fourth-order valence-electron chi connectivity index (χ4n) is 3.01. The van der Waals surface area contributed by atoms with E-state index in [1.165, 1.54) is 31.2 Å². The minimum Gasteiger partial charge on any atom is -0.329 e. The van der Waals surface area contributed by atoms with Crippen molar-refractivity contribution in [1.29, 1.82) is 0 Å². The topological polar surface area (TPSA) is 29.3 Å². The van der Waals surface area contributed by atoms with Crippen molar-refractivity contribution in [2.45, 2.75) is 31.7 Å². The minimum atomic E-state index is 0.282. The lowest BCUT2D eigenvalue weighted by Crippen LogP contribution is -2.33. The molecular weight excluding hydrogens is 244 g/mol. The maximum absolute atomic E-state index is 6.06. The summed E-state index contributed by atoms with van der Waals surface area (Å²) in [5.41, 5.74) is 7.17. The van der Waals surface area contributed by atoms with Gasteiger partial charge in [0.15, 0.2) is 0 Å². The van der Waals surface area contributed by atoms with Gasteiger partial charge in [-0.05, 0) is 43.5 Å². The highest BCUT2D eigenvalue weighted by molar-refractivity contribution is 6.30. The smallest absolute Gasteiger partial charge is 0.0468 e. The third-order valence-electron chi connectivity index (χ3n) is 4.01. The van der Waals surface area contributed by atoms with Crippen LogP contribution < -0.4 is 5.73 Å². The standard InChI is InChI=1S/C15H23ClN2/c1-18(11-12-5-2-3-6-12)15(10-17)13-7-4-8-14(16)9-13/h4,7-9,12,15H,2-3,5-6,10-11,17H2,1H3. The second-order valence-electron chi connectivity index (χ2n) is 5.40. The molecule has 2 nitrogen and oxygen atoms in total. The van der Waals surface area contributed by atoms with Crippen LogP contribution in [-0.4, -0.2) is 25.0 Å². The van der Waals surface area contributed by atoms with Gasteiger partial charge >= 0.3 is 0 Å². The number of nitrogens with zero attached hydrogens (tertiary/aromatic N) is 1. The molecule has 2 N–H and O–H groups in total. The molecule has 0 saturated heterocycles. The van der Waals surface area contributed by atoms with E-state index in [0.717, 1.165) is 17.5 Å². The molecule has 1 aliphatic rings. The van der Waals surface area contributed by atoms with Crippen LogP contribution in [0.15, 0.2) is 24.3 Å².